The topological polar surface area (TPSA) is 93.7 Å². The number of esters is 1. The minimum Gasteiger partial charge on any atom is -0.483 e. The van der Waals surface area contributed by atoms with Gasteiger partial charge in [-0.3, -0.25) is 14.4 Å². The molecule has 0 heterocycles. The highest BCUT2D eigenvalue weighted by Gasteiger charge is 2.13. The number of rotatable bonds is 7. The van der Waals surface area contributed by atoms with E-state index in [1.54, 1.807) is 42.5 Å². The molecule has 0 saturated heterocycles. The fourth-order valence-corrected chi connectivity index (χ4v) is 3.05. The van der Waals surface area contributed by atoms with Gasteiger partial charge in [-0.25, -0.2) is 0 Å². The molecule has 0 aliphatic rings. The van der Waals surface area contributed by atoms with Gasteiger partial charge in [-0.2, -0.15) is 0 Å². The van der Waals surface area contributed by atoms with Crippen molar-refractivity contribution in [2.75, 3.05) is 17.2 Å². The van der Waals surface area contributed by atoms with Crippen LogP contribution >= 0.6 is 0 Å². The maximum Gasteiger partial charge on any atom is 0.308 e. The van der Waals surface area contributed by atoms with E-state index in [1.807, 2.05) is 32.0 Å². The zero-order chi connectivity index (χ0) is 23.1. The predicted octanol–water partition coefficient (Wildman–Crippen LogP) is 4.50. The van der Waals surface area contributed by atoms with Gasteiger partial charge in [0.2, 0.25) is 0 Å². The third-order valence-electron chi connectivity index (χ3n) is 4.50. The van der Waals surface area contributed by atoms with Crippen molar-refractivity contribution < 1.29 is 23.9 Å². The molecule has 0 radical (unpaired) electrons. The second kappa shape index (κ2) is 10.3. The summed E-state index contributed by atoms with van der Waals surface area (Å²) in [6, 6.07) is 18.8. The van der Waals surface area contributed by atoms with Crippen molar-refractivity contribution >= 4 is 29.2 Å². The number of para-hydroxylation sites is 2. The molecular weight excluding hydrogens is 408 g/mol. The van der Waals surface area contributed by atoms with E-state index in [2.05, 4.69) is 10.6 Å². The summed E-state index contributed by atoms with van der Waals surface area (Å²) < 4.78 is 10.6. The number of aryl methyl sites for hydroxylation is 2. The molecule has 164 valence electrons. The number of anilines is 2. The van der Waals surface area contributed by atoms with Crippen LogP contribution in [0.1, 0.15) is 28.4 Å². The van der Waals surface area contributed by atoms with E-state index in [4.69, 9.17) is 9.47 Å². The summed E-state index contributed by atoms with van der Waals surface area (Å²) in [5, 5.41) is 5.52. The molecule has 0 spiro atoms. The molecule has 2 N–H and O–H groups in total. The van der Waals surface area contributed by atoms with Crippen LogP contribution in [0.4, 0.5) is 11.4 Å². The molecular formula is C25H24N2O5. The molecule has 7 heteroatoms. The molecule has 0 unspecified atom stereocenters. The van der Waals surface area contributed by atoms with Crippen LogP contribution in [-0.4, -0.2) is 24.4 Å². The second-order valence-corrected chi connectivity index (χ2v) is 7.23. The standard InChI is InChI=1S/C25H24N2O5/c1-16-11-12-23(17(2)13-16)31-15-24(29)26-21-9-4-5-10-22(21)27-25(30)19-7-6-8-20(14-19)32-18(3)28/h4-14H,15H2,1-3H3,(H,26,29)(H,27,30). The van der Waals surface area contributed by atoms with E-state index in [9.17, 15) is 14.4 Å². The Morgan fingerprint density at radius 2 is 1.56 bits per heavy atom. The Morgan fingerprint density at radius 3 is 2.25 bits per heavy atom. The number of carbonyl (C=O) groups excluding carboxylic acids is 3. The van der Waals surface area contributed by atoms with Crippen molar-refractivity contribution in [2.45, 2.75) is 20.8 Å². The minimum atomic E-state index is -0.473. The van der Waals surface area contributed by atoms with Crippen molar-refractivity contribution in [3.63, 3.8) is 0 Å². The number of nitrogens with one attached hydrogen (secondary N) is 2. The lowest BCUT2D eigenvalue weighted by Crippen LogP contribution is -2.22. The molecule has 0 saturated carbocycles. The van der Waals surface area contributed by atoms with E-state index in [-0.39, 0.29) is 18.3 Å². The van der Waals surface area contributed by atoms with Gasteiger partial charge in [0, 0.05) is 12.5 Å². The molecule has 0 fully saturated rings. The summed E-state index contributed by atoms with van der Waals surface area (Å²) in [7, 11) is 0. The first-order valence-corrected chi connectivity index (χ1v) is 10.0. The van der Waals surface area contributed by atoms with Crippen molar-refractivity contribution in [2.24, 2.45) is 0 Å². The van der Waals surface area contributed by atoms with E-state index < -0.39 is 11.9 Å². The average Bonchev–Trinajstić information content (AvgIpc) is 2.74. The molecule has 0 bridgehead atoms. The molecule has 0 aromatic heterocycles. The molecule has 0 atom stereocenters. The van der Waals surface area contributed by atoms with Gasteiger partial charge in [0.05, 0.1) is 11.4 Å². The van der Waals surface area contributed by atoms with Crippen LogP contribution in [-0.2, 0) is 9.59 Å². The fraction of sp³-hybridized carbons (Fsp3) is 0.160. The van der Waals surface area contributed by atoms with Crippen LogP contribution in [0.2, 0.25) is 0 Å². The van der Waals surface area contributed by atoms with Crippen LogP contribution in [0.25, 0.3) is 0 Å². The molecule has 2 amide bonds. The molecule has 0 aliphatic carbocycles. The van der Waals surface area contributed by atoms with Gasteiger partial charge < -0.3 is 20.1 Å². The number of ether oxygens (including phenoxy) is 2. The maximum absolute atomic E-state index is 12.7. The van der Waals surface area contributed by atoms with E-state index >= 15 is 0 Å². The summed E-state index contributed by atoms with van der Waals surface area (Å²) in [6.45, 7) is 5.02. The molecule has 0 aliphatic heterocycles. The van der Waals surface area contributed by atoms with Gasteiger partial charge in [-0.05, 0) is 55.8 Å². The molecule has 3 aromatic rings. The third-order valence-corrected chi connectivity index (χ3v) is 4.50. The second-order valence-electron chi connectivity index (χ2n) is 7.23. The molecule has 3 rings (SSSR count). The molecule has 7 nitrogen and oxygen atoms in total. The van der Waals surface area contributed by atoms with Crippen molar-refractivity contribution in [1.82, 2.24) is 0 Å². The number of hydrogen-bond acceptors (Lipinski definition) is 5. The number of carbonyl (C=O) groups is 3. The summed E-state index contributed by atoms with van der Waals surface area (Å²) in [4.78, 5) is 36.2. The smallest absolute Gasteiger partial charge is 0.308 e. The highest BCUT2D eigenvalue weighted by molar-refractivity contribution is 6.07. The lowest BCUT2D eigenvalue weighted by Gasteiger charge is -2.14. The normalized spacial score (nSPS) is 10.2. The zero-order valence-electron chi connectivity index (χ0n) is 18.1. The lowest BCUT2D eigenvalue weighted by atomic mass is 10.1. The van der Waals surface area contributed by atoms with Gasteiger partial charge in [0.15, 0.2) is 6.61 Å². The van der Waals surface area contributed by atoms with Crippen molar-refractivity contribution in [3.8, 4) is 11.5 Å². The van der Waals surface area contributed by atoms with E-state index in [1.165, 1.54) is 13.0 Å². The molecule has 3 aromatic carbocycles. The van der Waals surface area contributed by atoms with Gasteiger partial charge in [-0.15, -0.1) is 0 Å². The number of amides is 2. The fourth-order valence-electron chi connectivity index (χ4n) is 3.05. The first-order valence-electron chi connectivity index (χ1n) is 10.0. The van der Waals surface area contributed by atoms with E-state index in [0.29, 0.717) is 22.7 Å². The van der Waals surface area contributed by atoms with Crippen LogP contribution in [0.15, 0.2) is 66.7 Å². The highest BCUT2D eigenvalue weighted by Crippen LogP contribution is 2.23. The first-order chi connectivity index (χ1) is 15.3. The summed E-state index contributed by atoms with van der Waals surface area (Å²) >= 11 is 0. The molecule has 32 heavy (non-hydrogen) atoms. The average molecular weight is 432 g/mol. The summed E-state index contributed by atoms with van der Waals surface area (Å²) in [6.07, 6.45) is 0. The number of benzene rings is 3. The van der Waals surface area contributed by atoms with Crippen LogP contribution in [0.5, 0.6) is 11.5 Å². The van der Waals surface area contributed by atoms with Gasteiger partial charge >= 0.3 is 5.97 Å². The zero-order valence-corrected chi connectivity index (χ0v) is 18.1. The SMILES string of the molecule is CC(=O)Oc1cccc(C(=O)Nc2ccccc2NC(=O)COc2ccc(C)cc2C)c1. The van der Waals surface area contributed by atoms with Crippen LogP contribution in [0, 0.1) is 13.8 Å². The largest absolute Gasteiger partial charge is 0.483 e. The maximum atomic E-state index is 12.7. The Bertz CT molecular complexity index is 1160. The first kappa shape index (κ1) is 22.6. The quantitative estimate of drug-likeness (QED) is 0.424. The lowest BCUT2D eigenvalue weighted by molar-refractivity contribution is -0.131. The van der Waals surface area contributed by atoms with Gasteiger partial charge in [0.25, 0.3) is 11.8 Å². The van der Waals surface area contributed by atoms with Gasteiger partial charge in [-0.1, -0.05) is 35.9 Å². The van der Waals surface area contributed by atoms with Crippen LogP contribution < -0.4 is 20.1 Å². The number of hydrogen-bond donors (Lipinski definition) is 2. The summed E-state index contributed by atoms with van der Waals surface area (Å²) in [5.41, 5.74) is 3.23. The van der Waals surface area contributed by atoms with Crippen LogP contribution in [0.3, 0.4) is 0 Å². The van der Waals surface area contributed by atoms with Crippen molar-refractivity contribution in [3.05, 3.63) is 83.4 Å². The van der Waals surface area contributed by atoms with Crippen molar-refractivity contribution in [1.29, 1.82) is 0 Å². The van der Waals surface area contributed by atoms with E-state index in [0.717, 1.165) is 11.1 Å². The Labute approximate surface area is 186 Å². The Morgan fingerprint density at radius 1 is 0.844 bits per heavy atom. The third kappa shape index (κ3) is 6.18. The monoisotopic (exact) mass is 432 g/mol. The predicted molar refractivity (Wildman–Crippen MR) is 122 cm³/mol. The highest BCUT2D eigenvalue weighted by atomic mass is 16.5. The Kier molecular flexibility index (Phi) is 7.23. The van der Waals surface area contributed by atoms with Gasteiger partial charge in [0.1, 0.15) is 11.5 Å². The minimum absolute atomic E-state index is 0.170. The Hall–Kier alpha value is -4.13. The Balaban J connectivity index is 1.66. The summed E-state index contributed by atoms with van der Waals surface area (Å²) in [5.74, 6) is -0.329.